The van der Waals surface area contributed by atoms with Gasteiger partial charge < -0.3 is 0 Å². The molecule has 5 rings (SSSR count). The number of benzene rings is 2. The Morgan fingerprint density at radius 1 is 0.692 bits per heavy atom. The summed E-state index contributed by atoms with van der Waals surface area (Å²) in [7, 11) is 0. The monoisotopic (exact) mass is 532 g/mol. The molecule has 39 heavy (non-hydrogen) atoms. The van der Waals surface area contributed by atoms with E-state index in [0.29, 0.717) is 36.3 Å². The third-order valence-corrected chi connectivity index (χ3v) is 10.9. The second kappa shape index (κ2) is 13.6. The number of rotatable bonds is 10. The maximum atomic E-state index is 14.6. The highest BCUT2D eigenvalue weighted by Gasteiger charge is 2.38. The molecule has 212 valence electrons. The lowest BCUT2D eigenvalue weighted by Gasteiger charge is -2.45. The second-order valence-electron chi connectivity index (χ2n) is 13.3. The molecule has 2 aromatic carbocycles. The van der Waals surface area contributed by atoms with Crippen LogP contribution in [0.2, 0.25) is 0 Å². The maximum absolute atomic E-state index is 14.6. The maximum Gasteiger partial charge on any atom is 0.162 e. The minimum absolute atomic E-state index is 0.442. The highest BCUT2D eigenvalue weighted by Crippen LogP contribution is 2.50. The first-order chi connectivity index (χ1) is 19.1. The number of fused-ring (bicyclic) bond motifs is 1. The van der Waals surface area contributed by atoms with Crippen LogP contribution >= 0.6 is 0 Å². The average Bonchev–Trinajstić information content (AvgIpc) is 2.98. The Labute approximate surface area is 236 Å². The topological polar surface area (TPSA) is 0 Å². The van der Waals surface area contributed by atoms with Gasteiger partial charge in [-0.1, -0.05) is 68.7 Å². The molecule has 0 spiro atoms. The fraction of sp³-hybridized carbons (Fsp3) is 0.622. The van der Waals surface area contributed by atoms with E-state index in [-0.39, 0.29) is 0 Å². The number of aryl methyl sites for hydroxylation is 3. The Morgan fingerprint density at radius 3 is 1.95 bits per heavy atom. The van der Waals surface area contributed by atoms with Crippen LogP contribution in [-0.2, 0) is 19.3 Å². The van der Waals surface area contributed by atoms with Gasteiger partial charge in [-0.15, -0.1) is 6.58 Å². The van der Waals surface area contributed by atoms with Gasteiger partial charge in [0.1, 0.15) is 0 Å². The van der Waals surface area contributed by atoms with Crippen molar-refractivity contribution < 1.29 is 8.78 Å². The summed E-state index contributed by atoms with van der Waals surface area (Å²) in [5, 5.41) is 0. The van der Waals surface area contributed by atoms with Gasteiger partial charge in [0.25, 0.3) is 0 Å². The minimum Gasteiger partial charge on any atom is -0.203 e. The van der Waals surface area contributed by atoms with Crippen LogP contribution in [0.25, 0.3) is 0 Å². The van der Waals surface area contributed by atoms with Crippen LogP contribution in [0.3, 0.4) is 0 Å². The van der Waals surface area contributed by atoms with Gasteiger partial charge in [-0.2, -0.15) is 0 Å². The molecule has 0 amide bonds. The summed E-state index contributed by atoms with van der Waals surface area (Å²) in [5.74, 6) is 4.35. The van der Waals surface area contributed by atoms with Crippen molar-refractivity contribution in [1.29, 1.82) is 0 Å². The number of hydrogen-bond acceptors (Lipinski definition) is 0. The Bertz CT molecular complexity index is 1060. The molecule has 3 fully saturated rings. The Kier molecular flexibility index (Phi) is 9.96. The molecule has 0 N–H and O–H groups in total. The van der Waals surface area contributed by atoms with E-state index in [0.717, 1.165) is 36.0 Å². The molecule has 3 aliphatic rings. The summed E-state index contributed by atoms with van der Waals surface area (Å²) in [6.07, 6.45) is 21.5. The van der Waals surface area contributed by atoms with Crippen LogP contribution in [0.4, 0.5) is 8.78 Å². The lowest BCUT2D eigenvalue weighted by atomic mass is 9.60. The summed E-state index contributed by atoms with van der Waals surface area (Å²) >= 11 is 0. The molecule has 0 bridgehead atoms. The van der Waals surface area contributed by atoms with Gasteiger partial charge in [0.05, 0.1) is 0 Å². The van der Waals surface area contributed by atoms with Crippen molar-refractivity contribution >= 4 is 0 Å². The van der Waals surface area contributed by atoms with E-state index < -0.39 is 11.6 Å². The summed E-state index contributed by atoms with van der Waals surface area (Å²) < 4.78 is 29.0. The molecule has 2 heteroatoms. The van der Waals surface area contributed by atoms with Gasteiger partial charge >= 0.3 is 0 Å². The lowest BCUT2D eigenvalue weighted by Crippen LogP contribution is -2.34. The van der Waals surface area contributed by atoms with E-state index in [1.807, 2.05) is 0 Å². The predicted octanol–water partition coefficient (Wildman–Crippen LogP) is 10.8. The van der Waals surface area contributed by atoms with Gasteiger partial charge in [0, 0.05) is 0 Å². The molecule has 0 saturated heterocycles. The van der Waals surface area contributed by atoms with Crippen molar-refractivity contribution in [3.8, 4) is 0 Å². The predicted molar refractivity (Wildman–Crippen MR) is 160 cm³/mol. The lowest BCUT2D eigenvalue weighted by molar-refractivity contribution is 0.0618. The van der Waals surface area contributed by atoms with Crippen LogP contribution in [-0.4, -0.2) is 0 Å². The molecule has 3 saturated carbocycles. The number of halogens is 2. The summed E-state index contributed by atoms with van der Waals surface area (Å²) in [4.78, 5) is 0. The van der Waals surface area contributed by atoms with E-state index >= 15 is 0 Å². The molecule has 2 aromatic rings. The normalized spacial score (nSPS) is 29.1. The number of allylic oxidation sites excluding steroid dienone is 1. The molecule has 0 nitrogen and oxygen atoms in total. The molecule has 3 aliphatic carbocycles. The van der Waals surface area contributed by atoms with Crippen LogP contribution < -0.4 is 0 Å². The molecule has 0 radical (unpaired) electrons. The van der Waals surface area contributed by atoms with Crippen molar-refractivity contribution in [2.24, 2.45) is 29.6 Å². The number of hydrogen-bond donors (Lipinski definition) is 0. The minimum atomic E-state index is -0.687. The summed E-state index contributed by atoms with van der Waals surface area (Å²) in [5.41, 5.74) is 3.59. The van der Waals surface area contributed by atoms with Crippen molar-refractivity contribution in [3.63, 3.8) is 0 Å². The second-order valence-corrected chi connectivity index (χ2v) is 13.3. The highest BCUT2D eigenvalue weighted by atomic mass is 19.2. The van der Waals surface area contributed by atoms with E-state index in [9.17, 15) is 8.78 Å². The zero-order chi connectivity index (χ0) is 27.2. The Balaban J connectivity index is 1.08. The van der Waals surface area contributed by atoms with E-state index in [1.165, 1.54) is 88.2 Å². The van der Waals surface area contributed by atoms with Gasteiger partial charge in [0.15, 0.2) is 11.6 Å². The fourth-order valence-corrected chi connectivity index (χ4v) is 8.55. The molecule has 4 atom stereocenters. The largest absolute Gasteiger partial charge is 0.203 e. The van der Waals surface area contributed by atoms with Crippen LogP contribution in [0.15, 0.2) is 49.1 Å². The van der Waals surface area contributed by atoms with Gasteiger partial charge in [-0.05, 0) is 141 Å². The van der Waals surface area contributed by atoms with E-state index in [4.69, 9.17) is 0 Å². The van der Waals surface area contributed by atoms with Gasteiger partial charge in [-0.3, -0.25) is 0 Å². The quantitative estimate of drug-likeness (QED) is 0.267. The SMILES string of the molecule is C=CCCc1ccc(CCc2ccc(C3CCC(C4CCC5CC(CCC)CCC5C4)CC3)cc2)c(F)c1F. The summed E-state index contributed by atoms with van der Waals surface area (Å²) in [6.45, 7) is 6.02. The Hall–Kier alpha value is -1.96. The Morgan fingerprint density at radius 2 is 1.28 bits per heavy atom. The van der Waals surface area contributed by atoms with Crippen molar-refractivity contribution in [3.05, 3.63) is 82.9 Å². The van der Waals surface area contributed by atoms with Crippen molar-refractivity contribution in [2.75, 3.05) is 0 Å². The molecule has 0 aliphatic heterocycles. The molecular weight excluding hydrogens is 482 g/mol. The zero-order valence-electron chi connectivity index (χ0n) is 24.3. The van der Waals surface area contributed by atoms with E-state index in [2.05, 4.69) is 37.8 Å². The van der Waals surface area contributed by atoms with Crippen LogP contribution in [0, 0.1) is 41.2 Å². The van der Waals surface area contributed by atoms with Crippen LogP contribution in [0.1, 0.15) is 119 Å². The first-order valence-electron chi connectivity index (χ1n) is 16.2. The third-order valence-electron chi connectivity index (χ3n) is 10.9. The van der Waals surface area contributed by atoms with E-state index in [1.54, 1.807) is 18.2 Å². The molecule has 0 heterocycles. The first kappa shape index (κ1) is 28.6. The average molecular weight is 533 g/mol. The highest BCUT2D eigenvalue weighted by molar-refractivity contribution is 5.30. The van der Waals surface area contributed by atoms with Crippen LogP contribution in [0.5, 0.6) is 0 Å². The first-order valence-corrected chi connectivity index (χ1v) is 16.2. The van der Waals surface area contributed by atoms with Gasteiger partial charge in [-0.25, -0.2) is 8.78 Å². The van der Waals surface area contributed by atoms with Gasteiger partial charge in [0.2, 0.25) is 0 Å². The zero-order valence-corrected chi connectivity index (χ0v) is 24.3. The summed E-state index contributed by atoms with van der Waals surface area (Å²) in [6, 6.07) is 12.5. The standard InChI is InChI=1S/C37H50F2/c1-3-5-7-31-20-21-32(37(39)36(31)38)14-10-26-8-12-28(13-9-26)29-16-18-30(19-17-29)34-23-22-33-24-27(6-4-2)11-15-35(33)25-34/h3,8-9,12-13,20-21,27,29-30,33-35H,1,4-7,10-11,14-19,22-25H2,2H3. The molecular formula is C37H50F2. The van der Waals surface area contributed by atoms with Crippen molar-refractivity contribution in [1.82, 2.24) is 0 Å². The van der Waals surface area contributed by atoms with Crippen molar-refractivity contribution in [2.45, 2.75) is 116 Å². The fourth-order valence-electron chi connectivity index (χ4n) is 8.55. The molecule has 0 aromatic heterocycles. The third kappa shape index (κ3) is 7.04. The smallest absolute Gasteiger partial charge is 0.162 e. The molecule has 4 unspecified atom stereocenters.